The third-order valence-corrected chi connectivity index (χ3v) is 4.86. The number of anilines is 1. The second-order valence-electron chi connectivity index (χ2n) is 7.77. The van der Waals surface area contributed by atoms with Gasteiger partial charge in [-0.25, -0.2) is 15.0 Å². The zero-order valence-electron chi connectivity index (χ0n) is 19.5. The summed E-state index contributed by atoms with van der Waals surface area (Å²) in [4.78, 5) is 13.5. The van der Waals surface area contributed by atoms with Gasteiger partial charge in [-0.1, -0.05) is 44.4 Å². The van der Waals surface area contributed by atoms with Crippen LogP contribution < -0.4 is 10.1 Å². The van der Waals surface area contributed by atoms with E-state index in [1.165, 1.54) is 39.5 Å². The van der Waals surface area contributed by atoms with Crippen LogP contribution in [0.2, 0.25) is 5.15 Å². The van der Waals surface area contributed by atoms with Crippen LogP contribution in [0.4, 0.5) is 5.69 Å². The van der Waals surface area contributed by atoms with Crippen molar-refractivity contribution in [3.8, 4) is 5.88 Å². The quantitative estimate of drug-likeness (QED) is 0.363. The van der Waals surface area contributed by atoms with E-state index in [0.717, 1.165) is 22.5 Å². The van der Waals surface area contributed by atoms with Crippen LogP contribution in [0.3, 0.4) is 0 Å². The van der Waals surface area contributed by atoms with Gasteiger partial charge in [0.1, 0.15) is 10.7 Å². The standard InChI is InChI=1S/C18H20ClN5O.C3H8O2.C2H6/c1-25-16-8-4-5-12(22-16)10-20-14-9-15(19)23-18-17(14)21-11-24(18)13-6-2-3-7-13;1-3(2,4)5;1-2/h4-5,8-9,11,13H,2-3,6-7,10H2,1H3,(H,20,23);4-5H,1-2H3;1-2H3. The monoisotopic (exact) mass is 463 g/mol. The molecule has 3 heterocycles. The highest BCUT2D eigenvalue weighted by Crippen LogP contribution is 2.33. The van der Waals surface area contributed by atoms with Crippen molar-refractivity contribution < 1.29 is 14.9 Å². The van der Waals surface area contributed by atoms with Gasteiger partial charge in [-0.05, 0) is 32.8 Å². The topological polar surface area (TPSA) is 105 Å². The maximum Gasteiger partial charge on any atom is 0.213 e. The van der Waals surface area contributed by atoms with Crippen LogP contribution in [-0.2, 0) is 6.54 Å². The molecule has 0 unspecified atom stereocenters. The molecule has 0 saturated heterocycles. The minimum atomic E-state index is -1.50. The molecule has 32 heavy (non-hydrogen) atoms. The number of nitrogens with one attached hydrogen (secondary N) is 1. The van der Waals surface area contributed by atoms with E-state index in [0.29, 0.717) is 23.6 Å². The van der Waals surface area contributed by atoms with E-state index in [1.54, 1.807) is 7.11 Å². The number of hydrogen-bond acceptors (Lipinski definition) is 7. The van der Waals surface area contributed by atoms with Crippen molar-refractivity contribution in [1.82, 2.24) is 19.5 Å². The molecule has 0 amide bonds. The van der Waals surface area contributed by atoms with Crippen molar-refractivity contribution in [2.24, 2.45) is 0 Å². The SMILES string of the molecule is CC.CC(C)(O)O.COc1cccc(CNc2cc(Cl)nc3c2ncn3C2CCCC2)n1. The van der Waals surface area contributed by atoms with Crippen LogP contribution in [0.15, 0.2) is 30.6 Å². The molecule has 9 heteroatoms. The van der Waals surface area contributed by atoms with Gasteiger partial charge in [-0.15, -0.1) is 0 Å². The number of pyridine rings is 2. The molecular weight excluding hydrogens is 430 g/mol. The van der Waals surface area contributed by atoms with E-state index in [-0.39, 0.29) is 0 Å². The third-order valence-electron chi connectivity index (χ3n) is 4.67. The zero-order chi connectivity index (χ0) is 23.7. The Labute approximate surface area is 194 Å². The van der Waals surface area contributed by atoms with Crippen LogP contribution in [0.1, 0.15) is 65.1 Å². The average molecular weight is 464 g/mol. The fourth-order valence-corrected chi connectivity index (χ4v) is 3.61. The maximum absolute atomic E-state index is 8.08. The van der Waals surface area contributed by atoms with E-state index in [1.807, 2.05) is 44.4 Å². The molecule has 0 aromatic carbocycles. The second kappa shape index (κ2) is 12.0. The molecule has 4 rings (SSSR count). The lowest BCUT2D eigenvalue weighted by atomic mass is 10.2. The van der Waals surface area contributed by atoms with Gasteiger partial charge in [0.15, 0.2) is 11.4 Å². The van der Waals surface area contributed by atoms with Crippen LogP contribution in [0.5, 0.6) is 5.88 Å². The molecule has 0 radical (unpaired) electrons. The smallest absolute Gasteiger partial charge is 0.213 e. The first-order chi connectivity index (χ1) is 15.2. The van der Waals surface area contributed by atoms with Gasteiger partial charge >= 0.3 is 0 Å². The molecule has 8 nitrogen and oxygen atoms in total. The summed E-state index contributed by atoms with van der Waals surface area (Å²) in [6, 6.07) is 7.99. The van der Waals surface area contributed by atoms with Gasteiger partial charge < -0.3 is 24.8 Å². The van der Waals surface area contributed by atoms with Crippen LogP contribution in [0.25, 0.3) is 11.2 Å². The van der Waals surface area contributed by atoms with Crippen molar-refractivity contribution in [3.63, 3.8) is 0 Å². The number of aromatic nitrogens is 4. The van der Waals surface area contributed by atoms with Crippen LogP contribution >= 0.6 is 11.6 Å². The lowest BCUT2D eigenvalue weighted by Crippen LogP contribution is -2.15. The Balaban J connectivity index is 0.000000460. The van der Waals surface area contributed by atoms with E-state index in [9.17, 15) is 0 Å². The van der Waals surface area contributed by atoms with Gasteiger partial charge in [0.25, 0.3) is 0 Å². The molecule has 1 saturated carbocycles. The number of nitrogens with zero attached hydrogens (tertiary/aromatic N) is 4. The number of hydrogen-bond donors (Lipinski definition) is 3. The highest BCUT2D eigenvalue weighted by molar-refractivity contribution is 6.30. The van der Waals surface area contributed by atoms with Gasteiger partial charge in [-0.3, -0.25) is 0 Å². The number of rotatable bonds is 5. The lowest BCUT2D eigenvalue weighted by Gasteiger charge is -2.12. The van der Waals surface area contributed by atoms with Gasteiger partial charge in [0.05, 0.1) is 31.4 Å². The summed E-state index contributed by atoms with van der Waals surface area (Å²) in [7, 11) is 1.61. The molecule has 176 valence electrons. The fourth-order valence-electron chi connectivity index (χ4n) is 3.42. The molecule has 0 spiro atoms. The molecule has 3 aromatic rings. The van der Waals surface area contributed by atoms with E-state index in [2.05, 4.69) is 24.8 Å². The predicted molar refractivity (Wildman–Crippen MR) is 128 cm³/mol. The van der Waals surface area contributed by atoms with Crippen LogP contribution in [-0.4, -0.2) is 42.6 Å². The number of fused-ring (bicyclic) bond motifs is 1. The summed E-state index contributed by atoms with van der Waals surface area (Å²) < 4.78 is 7.34. The predicted octanol–water partition coefficient (Wildman–Crippen LogP) is 4.95. The van der Waals surface area contributed by atoms with E-state index >= 15 is 0 Å². The first-order valence-corrected chi connectivity index (χ1v) is 11.3. The Hall–Kier alpha value is -2.42. The molecular formula is C23H34ClN5O3. The van der Waals surface area contributed by atoms with Gasteiger partial charge in [0.2, 0.25) is 5.88 Å². The first-order valence-electron chi connectivity index (χ1n) is 11.0. The minimum absolute atomic E-state index is 0.466. The molecule has 3 N–H and O–H groups in total. The summed E-state index contributed by atoms with van der Waals surface area (Å²) >= 11 is 6.26. The van der Waals surface area contributed by atoms with Crippen molar-refractivity contribution in [2.75, 3.05) is 12.4 Å². The number of halogens is 1. The summed E-state index contributed by atoms with van der Waals surface area (Å²) in [5.74, 6) is -0.900. The van der Waals surface area contributed by atoms with Crippen molar-refractivity contribution >= 4 is 28.5 Å². The summed E-state index contributed by atoms with van der Waals surface area (Å²) in [5, 5.41) is 20.0. The summed E-state index contributed by atoms with van der Waals surface area (Å²) in [6.07, 6.45) is 6.76. The fraction of sp³-hybridized carbons (Fsp3) is 0.522. The first kappa shape index (κ1) is 25.8. The highest BCUT2D eigenvalue weighted by Gasteiger charge is 2.21. The molecule has 1 aliphatic rings. The lowest BCUT2D eigenvalue weighted by molar-refractivity contribution is -0.127. The minimum Gasteiger partial charge on any atom is -0.481 e. The highest BCUT2D eigenvalue weighted by atomic mass is 35.5. The van der Waals surface area contributed by atoms with Gasteiger partial charge in [-0.2, -0.15) is 0 Å². The van der Waals surface area contributed by atoms with Crippen molar-refractivity contribution in [1.29, 1.82) is 0 Å². The Kier molecular flexibility index (Phi) is 9.68. The third kappa shape index (κ3) is 7.62. The van der Waals surface area contributed by atoms with Gasteiger partial charge in [0, 0.05) is 18.2 Å². The number of aliphatic hydroxyl groups is 2. The summed E-state index contributed by atoms with van der Waals surface area (Å²) in [6.45, 7) is 7.16. The van der Waals surface area contributed by atoms with Crippen molar-refractivity contribution in [2.45, 2.75) is 71.8 Å². The summed E-state index contributed by atoms with van der Waals surface area (Å²) in [5.41, 5.74) is 3.45. The Morgan fingerprint density at radius 3 is 2.47 bits per heavy atom. The van der Waals surface area contributed by atoms with Crippen molar-refractivity contribution in [3.05, 3.63) is 41.4 Å². The molecule has 1 aliphatic carbocycles. The van der Waals surface area contributed by atoms with E-state index in [4.69, 9.17) is 26.6 Å². The average Bonchev–Trinajstić information content (AvgIpc) is 3.42. The molecule has 1 fully saturated rings. The Morgan fingerprint density at radius 2 is 1.84 bits per heavy atom. The normalized spacial score (nSPS) is 13.8. The second-order valence-corrected chi connectivity index (χ2v) is 8.16. The maximum atomic E-state index is 8.08. The zero-order valence-corrected chi connectivity index (χ0v) is 20.2. The number of methoxy groups -OCH3 is 1. The molecule has 0 atom stereocenters. The number of imidazole rings is 1. The number of ether oxygens (including phenoxy) is 1. The molecule has 0 bridgehead atoms. The molecule has 3 aromatic heterocycles. The molecule has 0 aliphatic heterocycles. The van der Waals surface area contributed by atoms with Crippen LogP contribution in [0, 0.1) is 0 Å². The largest absolute Gasteiger partial charge is 0.481 e. The Bertz CT molecular complexity index is 975. The Morgan fingerprint density at radius 1 is 1.19 bits per heavy atom. The van der Waals surface area contributed by atoms with E-state index < -0.39 is 5.79 Å².